The molecule has 0 amide bonds. The molecule has 0 N–H and O–H groups in total. The molecule has 0 bridgehead atoms. The molecule has 4 rings (SSSR count). The van der Waals surface area contributed by atoms with Crippen molar-refractivity contribution in [3.8, 4) is 0 Å². The molecule has 1 heterocycles. The fourth-order valence-corrected chi connectivity index (χ4v) is 6.82. The third kappa shape index (κ3) is 3.03. The highest BCUT2D eigenvalue weighted by atomic mass is 31.2. The lowest BCUT2D eigenvalue weighted by Gasteiger charge is -2.32. The van der Waals surface area contributed by atoms with Gasteiger partial charge in [0, 0.05) is 21.1 Å². The first kappa shape index (κ1) is 21.4. The van der Waals surface area contributed by atoms with E-state index in [1.54, 1.807) is 52.0 Å². The molecule has 0 aromatic heterocycles. The molecule has 3 aromatic carbocycles. The van der Waals surface area contributed by atoms with Crippen molar-refractivity contribution in [1.29, 1.82) is 0 Å². The Balaban J connectivity index is 2.05. The first-order valence-electron chi connectivity index (χ1n) is 10.3. The lowest BCUT2D eigenvalue weighted by molar-refractivity contribution is -0.539. The molecule has 1 aliphatic heterocycles. The van der Waals surface area contributed by atoms with Crippen LogP contribution in [-0.2, 0) is 9.77 Å². The predicted molar refractivity (Wildman–Crippen MR) is 124 cm³/mol. The highest BCUT2D eigenvalue weighted by Crippen LogP contribution is 2.45. The summed E-state index contributed by atoms with van der Waals surface area (Å²) >= 11 is 0. The van der Waals surface area contributed by atoms with Gasteiger partial charge in [0.1, 0.15) is 5.54 Å². The van der Waals surface area contributed by atoms with Gasteiger partial charge >= 0.3 is 5.84 Å². The first-order valence-corrected chi connectivity index (χ1v) is 12.0. The van der Waals surface area contributed by atoms with Gasteiger partial charge in [0.15, 0.2) is 12.7 Å². The van der Waals surface area contributed by atoms with Gasteiger partial charge in [-0.25, -0.2) is 0 Å². The van der Waals surface area contributed by atoms with Crippen LogP contribution in [0, 0.1) is 5.21 Å². The van der Waals surface area contributed by atoms with Crippen molar-refractivity contribution >= 4 is 28.9 Å². The summed E-state index contributed by atoms with van der Waals surface area (Å²) in [7, 11) is -3.36. The standard InChI is InChI=1S/C25H26N2O3P/c1-24(2)25(3,4)27(29)23(26(24)28)21-17-11-12-18-22(21)31(30,19-13-7-5-8-14-19)20-15-9-6-10-16-20/h5-18H,1-4H3. The van der Waals surface area contributed by atoms with E-state index in [-0.39, 0.29) is 5.84 Å². The zero-order valence-corrected chi connectivity index (χ0v) is 19.0. The lowest BCUT2D eigenvalue weighted by Crippen LogP contribution is -2.53. The zero-order chi connectivity index (χ0) is 22.4. The average molecular weight is 433 g/mol. The van der Waals surface area contributed by atoms with E-state index in [4.69, 9.17) is 0 Å². The summed E-state index contributed by atoms with van der Waals surface area (Å²) in [6.07, 6.45) is 0. The molecule has 0 spiro atoms. The molecule has 0 fully saturated rings. The quantitative estimate of drug-likeness (QED) is 0.357. The van der Waals surface area contributed by atoms with Crippen LogP contribution < -0.4 is 15.9 Å². The second-order valence-electron chi connectivity index (χ2n) is 8.83. The van der Waals surface area contributed by atoms with Crippen molar-refractivity contribution in [2.75, 3.05) is 0 Å². The van der Waals surface area contributed by atoms with Gasteiger partial charge in [-0.1, -0.05) is 77.9 Å². The Hall–Kier alpha value is -2.88. The molecular weight excluding hydrogens is 407 g/mol. The maximum atomic E-state index is 14.9. The molecule has 0 atom stereocenters. The zero-order valence-electron chi connectivity index (χ0n) is 18.1. The normalized spacial score (nSPS) is 17.8. The van der Waals surface area contributed by atoms with E-state index in [0.29, 0.717) is 21.5 Å². The molecule has 31 heavy (non-hydrogen) atoms. The van der Waals surface area contributed by atoms with E-state index in [1.165, 1.54) is 0 Å². The van der Waals surface area contributed by atoms with Gasteiger partial charge in [0.2, 0.25) is 0 Å². The van der Waals surface area contributed by atoms with E-state index >= 15 is 0 Å². The minimum atomic E-state index is -3.36. The minimum absolute atomic E-state index is 0.00214. The van der Waals surface area contributed by atoms with Gasteiger partial charge in [0.25, 0.3) is 0 Å². The fraction of sp³-hybridized carbons (Fsp3) is 0.240. The van der Waals surface area contributed by atoms with Gasteiger partial charge in [-0.15, -0.1) is 0 Å². The second-order valence-corrected chi connectivity index (χ2v) is 11.6. The number of benzene rings is 3. The molecule has 0 saturated heterocycles. The van der Waals surface area contributed by atoms with Gasteiger partial charge < -0.3 is 9.77 Å². The summed E-state index contributed by atoms with van der Waals surface area (Å²) in [5, 5.41) is 29.3. The number of nitrogens with zero attached hydrogens (tertiary/aromatic N) is 2. The molecule has 159 valence electrons. The Morgan fingerprint density at radius 1 is 0.774 bits per heavy atom. The van der Waals surface area contributed by atoms with Crippen molar-refractivity contribution in [2.24, 2.45) is 0 Å². The van der Waals surface area contributed by atoms with Crippen LogP contribution in [0.5, 0.6) is 0 Å². The van der Waals surface area contributed by atoms with Gasteiger partial charge in [-0.2, -0.15) is 0 Å². The second kappa shape index (κ2) is 7.37. The molecule has 0 unspecified atom stereocenters. The van der Waals surface area contributed by atoms with E-state index in [9.17, 15) is 15.0 Å². The topological polar surface area (TPSA) is 66.3 Å². The molecule has 0 aliphatic carbocycles. The first-order chi connectivity index (χ1) is 14.6. The van der Waals surface area contributed by atoms with Crippen LogP contribution >= 0.6 is 7.14 Å². The van der Waals surface area contributed by atoms with Crippen LogP contribution in [0.25, 0.3) is 0 Å². The lowest BCUT2D eigenvalue weighted by atomic mass is 9.84. The van der Waals surface area contributed by atoms with Crippen LogP contribution in [0.2, 0.25) is 0 Å². The van der Waals surface area contributed by atoms with Crippen LogP contribution in [0.4, 0.5) is 0 Å². The molecule has 0 saturated carbocycles. The van der Waals surface area contributed by atoms with Gasteiger partial charge in [0.05, 0.1) is 5.56 Å². The van der Waals surface area contributed by atoms with E-state index < -0.39 is 18.2 Å². The molecule has 3 aromatic rings. The monoisotopic (exact) mass is 433 g/mol. The van der Waals surface area contributed by atoms with Crippen molar-refractivity contribution in [3.05, 3.63) is 95.7 Å². The van der Waals surface area contributed by atoms with Crippen molar-refractivity contribution in [2.45, 2.75) is 38.8 Å². The van der Waals surface area contributed by atoms with Gasteiger partial charge in [-0.3, -0.25) is 4.74 Å². The van der Waals surface area contributed by atoms with Crippen molar-refractivity contribution < 1.29 is 14.5 Å². The maximum Gasteiger partial charge on any atom is 0.317 e. The Morgan fingerprint density at radius 3 is 1.68 bits per heavy atom. The van der Waals surface area contributed by atoms with Crippen molar-refractivity contribution in [1.82, 2.24) is 5.06 Å². The number of amidine groups is 1. The summed E-state index contributed by atoms with van der Waals surface area (Å²) in [6.45, 7) is 7.03. The number of hydrogen-bond acceptors (Lipinski definition) is 3. The van der Waals surface area contributed by atoms with Crippen LogP contribution in [0.1, 0.15) is 33.3 Å². The Bertz CT molecular complexity index is 1140. The van der Waals surface area contributed by atoms with E-state index in [0.717, 1.165) is 9.80 Å². The molecule has 1 radical (unpaired) electrons. The van der Waals surface area contributed by atoms with E-state index in [1.807, 2.05) is 60.7 Å². The van der Waals surface area contributed by atoms with Crippen LogP contribution in [-0.4, -0.2) is 26.7 Å². The fourth-order valence-electron chi connectivity index (χ4n) is 3.97. The molecule has 6 heteroatoms. The van der Waals surface area contributed by atoms with E-state index in [2.05, 4.69) is 0 Å². The molecule has 5 nitrogen and oxygen atoms in total. The maximum absolute atomic E-state index is 14.9. The Labute approximate surface area is 183 Å². The number of rotatable bonds is 4. The SMILES string of the molecule is CC1(C)N([O])C(c2ccccc2P(=O)(c2ccccc2)c2ccccc2)=[N+]([O-])C1(C)C. The third-order valence-electron chi connectivity index (χ3n) is 6.62. The Kier molecular flexibility index (Phi) is 5.07. The highest BCUT2D eigenvalue weighted by Gasteiger charge is 2.60. The number of hydrogen-bond donors (Lipinski definition) is 0. The Morgan fingerprint density at radius 2 is 1.23 bits per heavy atom. The third-order valence-corrected chi connectivity index (χ3v) is 9.74. The summed E-state index contributed by atoms with van der Waals surface area (Å²) in [5.74, 6) is -0.00214. The summed E-state index contributed by atoms with van der Waals surface area (Å²) in [5.41, 5.74) is -1.51. The van der Waals surface area contributed by atoms with Crippen LogP contribution in [0.3, 0.4) is 0 Å². The average Bonchev–Trinajstić information content (AvgIpc) is 2.91. The molecular formula is C25H26N2O3P. The summed E-state index contributed by atoms with van der Waals surface area (Å²) in [4.78, 5) is 0. The summed E-state index contributed by atoms with van der Waals surface area (Å²) in [6, 6.07) is 25.5. The van der Waals surface area contributed by atoms with Gasteiger partial charge in [-0.05, 0) is 39.8 Å². The predicted octanol–water partition coefficient (Wildman–Crippen LogP) is 3.80. The highest BCUT2D eigenvalue weighted by molar-refractivity contribution is 7.85. The van der Waals surface area contributed by atoms with Crippen LogP contribution in [0.15, 0.2) is 84.9 Å². The van der Waals surface area contributed by atoms with Crippen molar-refractivity contribution in [3.63, 3.8) is 0 Å². The number of hydroxylamine groups is 3. The molecule has 1 aliphatic rings. The largest absolute Gasteiger partial charge is 0.714 e. The smallest absolute Gasteiger partial charge is 0.317 e. The summed E-state index contributed by atoms with van der Waals surface area (Å²) < 4.78 is 15.7. The minimum Gasteiger partial charge on any atom is -0.714 e.